The van der Waals surface area contributed by atoms with E-state index in [0.717, 1.165) is 32.5 Å². The molecular formula is C18H24N2. The van der Waals surface area contributed by atoms with Crippen LogP contribution in [0.1, 0.15) is 18.4 Å². The SMILES string of the molecule is NCCCCNCCc1ccc(-c2ccccc2)cc1. The molecule has 0 bridgehead atoms. The molecule has 2 nitrogen and oxygen atoms in total. The lowest BCUT2D eigenvalue weighted by Gasteiger charge is -2.06. The van der Waals surface area contributed by atoms with E-state index in [1.165, 1.54) is 23.1 Å². The van der Waals surface area contributed by atoms with Crippen molar-refractivity contribution in [1.82, 2.24) is 5.32 Å². The zero-order chi connectivity index (χ0) is 14.0. The van der Waals surface area contributed by atoms with Crippen LogP contribution in [0.5, 0.6) is 0 Å². The van der Waals surface area contributed by atoms with Gasteiger partial charge < -0.3 is 11.1 Å². The van der Waals surface area contributed by atoms with E-state index in [1.807, 2.05) is 6.07 Å². The molecule has 0 heterocycles. The van der Waals surface area contributed by atoms with Crippen LogP contribution in [0.3, 0.4) is 0 Å². The summed E-state index contributed by atoms with van der Waals surface area (Å²) in [6, 6.07) is 19.4. The average molecular weight is 268 g/mol. The van der Waals surface area contributed by atoms with Crippen molar-refractivity contribution in [2.45, 2.75) is 19.3 Å². The summed E-state index contributed by atoms with van der Waals surface area (Å²) in [5.41, 5.74) is 9.41. The van der Waals surface area contributed by atoms with Crippen LogP contribution in [0.2, 0.25) is 0 Å². The van der Waals surface area contributed by atoms with Gasteiger partial charge in [0.05, 0.1) is 0 Å². The highest BCUT2D eigenvalue weighted by molar-refractivity contribution is 5.63. The molecule has 0 fully saturated rings. The third-order valence-corrected chi connectivity index (χ3v) is 3.46. The lowest BCUT2D eigenvalue weighted by atomic mass is 10.0. The summed E-state index contributed by atoms with van der Waals surface area (Å²) in [6.07, 6.45) is 3.36. The van der Waals surface area contributed by atoms with Crippen LogP contribution in [0.4, 0.5) is 0 Å². The Hall–Kier alpha value is -1.64. The normalized spacial score (nSPS) is 10.7. The van der Waals surface area contributed by atoms with Gasteiger partial charge in [-0.15, -0.1) is 0 Å². The molecule has 0 atom stereocenters. The van der Waals surface area contributed by atoms with Crippen LogP contribution < -0.4 is 11.1 Å². The van der Waals surface area contributed by atoms with Crippen molar-refractivity contribution in [3.8, 4) is 11.1 Å². The summed E-state index contributed by atoms with van der Waals surface area (Å²) in [4.78, 5) is 0. The first kappa shape index (κ1) is 14.8. The largest absolute Gasteiger partial charge is 0.330 e. The van der Waals surface area contributed by atoms with Gasteiger partial charge in [0.2, 0.25) is 0 Å². The molecule has 0 saturated heterocycles. The van der Waals surface area contributed by atoms with Crippen molar-refractivity contribution in [2.24, 2.45) is 5.73 Å². The Morgan fingerprint density at radius 1 is 0.750 bits per heavy atom. The van der Waals surface area contributed by atoms with E-state index in [0.29, 0.717) is 0 Å². The summed E-state index contributed by atoms with van der Waals surface area (Å²) >= 11 is 0. The zero-order valence-electron chi connectivity index (χ0n) is 12.0. The van der Waals surface area contributed by atoms with Gasteiger partial charge in [0.15, 0.2) is 0 Å². The molecule has 0 spiro atoms. The molecule has 2 heteroatoms. The van der Waals surface area contributed by atoms with Crippen molar-refractivity contribution in [2.75, 3.05) is 19.6 Å². The fourth-order valence-corrected chi connectivity index (χ4v) is 2.25. The van der Waals surface area contributed by atoms with Gasteiger partial charge in [0, 0.05) is 0 Å². The fraction of sp³-hybridized carbons (Fsp3) is 0.333. The Bertz CT molecular complexity index is 477. The third-order valence-electron chi connectivity index (χ3n) is 3.46. The smallest absolute Gasteiger partial charge is 0.000835 e. The standard InChI is InChI=1S/C18H24N2/c19-13-4-5-14-20-15-12-16-8-10-18(11-9-16)17-6-2-1-3-7-17/h1-3,6-11,20H,4-5,12-15,19H2. The number of hydrogen-bond acceptors (Lipinski definition) is 2. The maximum absolute atomic E-state index is 5.47. The first-order valence-electron chi connectivity index (χ1n) is 7.45. The highest BCUT2D eigenvalue weighted by Gasteiger charge is 1.97. The van der Waals surface area contributed by atoms with E-state index in [4.69, 9.17) is 5.73 Å². The van der Waals surface area contributed by atoms with E-state index < -0.39 is 0 Å². The summed E-state index contributed by atoms with van der Waals surface area (Å²) in [6.45, 7) is 2.90. The Balaban J connectivity index is 1.77. The van der Waals surface area contributed by atoms with Gasteiger partial charge in [-0.3, -0.25) is 0 Å². The maximum Gasteiger partial charge on any atom is -0.000835 e. The van der Waals surface area contributed by atoms with Crippen LogP contribution >= 0.6 is 0 Å². The number of nitrogens with one attached hydrogen (secondary N) is 1. The third kappa shape index (κ3) is 4.80. The number of nitrogens with two attached hydrogens (primary N) is 1. The average Bonchev–Trinajstić information content (AvgIpc) is 2.52. The van der Waals surface area contributed by atoms with Crippen LogP contribution in [-0.4, -0.2) is 19.6 Å². The predicted octanol–water partition coefficient (Wildman–Crippen LogP) is 3.22. The molecule has 2 aromatic carbocycles. The number of rotatable bonds is 8. The highest BCUT2D eigenvalue weighted by atomic mass is 14.8. The zero-order valence-corrected chi connectivity index (χ0v) is 12.0. The first-order valence-corrected chi connectivity index (χ1v) is 7.45. The van der Waals surface area contributed by atoms with Crippen LogP contribution in [-0.2, 0) is 6.42 Å². The Morgan fingerprint density at radius 3 is 2.15 bits per heavy atom. The van der Waals surface area contributed by atoms with E-state index in [2.05, 4.69) is 53.8 Å². The number of benzene rings is 2. The van der Waals surface area contributed by atoms with Crippen molar-refractivity contribution in [3.05, 3.63) is 60.2 Å². The maximum atomic E-state index is 5.47. The molecule has 0 aliphatic carbocycles. The molecule has 2 rings (SSSR count). The van der Waals surface area contributed by atoms with Gasteiger partial charge in [-0.2, -0.15) is 0 Å². The van der Waals surface area contributed by atoms with Gasteiger partial charge in [-0.1, -0.05) is 54.6 Å². The Morgan fingerprint density at radius 2 is 1.45 bits per heavy atom. The Labute approximate surface area is 122 Å². The molecule has 0 aliphatic heterocycles. The van der Waals surface area contributed by atoms with Crippen molar-refractivity contribution >= 4 is 0 Å². The molecule has 0 saturated carbocycles. The summed E-state index contributed by atoms with van der Waals surface area (Å²) in [5, 5.41) is 3.46. The first-order chi connectivity index (χ1) is 9.90. The van der Waals surface area contributed by atoms with Gasteiger partial charge in [-0.05, 0) is 55.6 Å². The summed E-state index contributed by atoms with van der Waals surface area (Å²) < 4.78 is 0. The second-order valence-electron chi connectivity index (χ2n) is 5.06. The molecule has 20 heavy (non-hydrogen) atoms. The predicted molar refractivity (Wildman–Crippen MR) is 86.7 cm³/mol. The van der Waals surface area contributed by atoms with Crippen molar-refractivity contribution < 1.29 is 0 Å². The van der Waals surface area contributed by atoms with Crippen LogP contribution in [0.15, 0.2) is 54.6 Å². The fourth-order valence-electron chi connectivity index (χ4n) is 2.25. The van der Waals surface area contributed by atoms with E-state index >= 15 is 0 Å². The van der Waals surface area contributed by atoms with Gasteiger partial charge >= 0.3 is 0 Å². The molecule has 0 aliphatic rings. The number of unbranched alkanes of at least 4 members (excludes halogenated alkanes) is 1. The minimum atomic E-state index is 0.794. The van der Waals surface area contributed by atoms with E-state index in [-0.39, 0.29) is 0 Å². The second kappa shape index (κ2) is 8.51. The van der Waals surface area contributed by atoms with Gasteiger partial charge in [0.25, 0.3) is 0 Å². The molecule has 0 unspecified atom stereocenters. The van der Waals surface area contributed by atoms with Crippen molar-refractivity contribution in [1.29, 1.82) is 0 Å². The van der Waals surface area contributed by atoms with Gasteiger partial charge in [-0.25, -0.2) is 0 Å². The topological polar surface area (TPSA) is 38.0 Å². The van der Waals surface area contributed by atoms with E-state index in [9.17, 15) is 0 Å². The molecule has 2 aromatic rings. The minimum absolute atomic E-state index is 0.794. The molecule has 3 N–H and O–H groups in total. The monoisotopic (exact) mass is 268 g/mol. The van der Waals surface area contributed by atoms with Gasteiger partial charge in [0.1, 0.15) is 0 Å². The molecule has 0 aromatic heterocycles. The second-order valence-corrected chi connectivity index (χ2v) is 5.06. The molecule has 0 amide bonds. The minimum Gasteiger partial charge on any atom is -0.330 e. The Kier molecular flexibility index (Phi) is 6.28. The summed E-state index contributed by atoms with van der Waals surface area (Å²) in [5.74, 6) is 0. The molecule has 0 radical (unpaired) electrons. The van der Waals surface area contributed by atoms with E-state index in [1.54, 1.807) is 0 Å². The highest BCUT2D eigenvalue weighted by Crippen LogP contribution is 2.19. The lowest BCUT2D eigenvalue weighted by Crippen LogP contribution is -2.19. The number of hydrogen-bond donors (Lipinski definition) is 2. The quantitative estimate of drug-likeness (QED) is 0.721. The molecule has 106 valence electrons. The van der Waals surface area contributed by atoms with Crippen LogP contribution in [0, 0.1) is 0 Å². The lowest BCUT2D eigenvalue weighted by molar-refractivity contribution is 0.627. The van der Waals surface area contributed by atoms with Crippen molar-refractivity contribution in [3.63, 3.8) is 0 Å². The van der Waals surface area contributed by atoms with Crippen LogP contribution in [0.25, 0.3) is 11.1 Å². The summed E-state index contributed by atoms with van der Waals surface area (Å²) in [7, 11) is 0. The molecular weight excluding hydrogens is 244 g/mol.